The van der Waals surface area contributed by atoms with E-state index in [1.54, 1.807) is 0 Å². The van der Waals surface area contributed by atoms with Crippen molar-refractivity contribution in [3.63, 3.8) is 0 Å². The van der Waals surface area contributed by atoms with Crippen molar-refractivity contribution >= 4 is 0 Å². The normalized spacial score (nSPS) is 30.6. The summed E-state index contributed by atoms with van der Waals surface area (Å²) in [7, 11) is 0. The van der Waals surface area contributed by atoms with Gasteiger partial charge >= 0.3 is 0 Å². The summed E-state index contributed by atoms with van der Waals surface area (Å²) in [5.41, 5.74) is 0. The van der Waals surface area contributed by atoms with Crippen LogP contribution in [0.1, 0.15) is 92.4 Å². The van der Waals surface area contributed by atoms with E-state index in [0.29, 0.717) is 53.3 Å². The lowest BCUT2D eigenvalue weighted by Crippen LogP contribution is -2.39. The van der Waals surface area contributed by atoms with Gasteiger partial charge in [-0.2, -0.15) is 0 Å². The number of rotatable bonds is 14. The van der Waals surface area contributed by atoms with E-state index >= 15 is 0 Å². The van der Waals surface area contributed by atoms with Gasteiger partial charge in [0.2, 0.25) is 0 Å². The molecule has 1 rings (SSSR count). The Kier molecular flexibility index (Phi) is 14.6. The first-order valence-electron chi connectivity index (χ1n) is 13.3. The van der Waals surface area contributed by atoms with E-state index in [1.165, 1.54) is 0 Å². The molecule has 8 atom stereocenters. The molecule has 1 saturated carbocycles. The van der Waals surface area contributed by atoms with Crippen LogP contribution in [0, 0.1) is 53.3 Å². The maximum atomic E-state index is 10.5. The van der Waals surface area contributed by atoms with Crippen molar-refractivity contribution < 1.29 is 20.4 Å². The third kappa shape index (κ3) is 9.31. The van der Waals surface area contributed by atoms with Crippen LogP contribution in [-0.2, 0) is 0 Å². The fourth-order valence-electron chi connectivity index (χ4n) is 6.65. The number of hydrogen-bond donors (Lipinski definition) is 4. The van der Waals surface area contributed by atoms with Crippen molar-refractivity contribution in [3.05, 3.63) is 0 Å². The zero-order chi connectivity index (χ0) is 23.4. The molecule has 4 nitrogen and oxygen atoms in total. The van der Waals surface area contributed by atoms with E-state index < -0.39 is 0 Å². The second kappa shape index (κ2) is 15.6. The van der Waals surface area contributed by atoms with Crippen molar-refractivity contribution in [2.45, 2.75) is 92.4 Å². The largest absolute Gasteiger partial charge is 0.396 e. The van der Waals surface area contributed by atoms with Crippen LogP contribution in [0.2, 0.25) is 0 Å². The van der Waals surface area contributed by atoms with Gasteiger partial charge < -0.3 is 20.4 Å². The van der Waals surface area contributed by atoms with Gasteiger partial charge in [-0.05, 0) is 98.2 Å². The lowest BCUT2D eigenvalue weighted by atomic mass is 9.60. The third-order valence-corrected chi connectivity index (χ3v) is 8.45. The van der Waals surface area contributed by atoms with Crippen LogP contribution < -0.4 is 0 Å². The molecular weight excluding hydrogens is 388 g/mol. The minimum Gasteiger partial charge on any atom is -0.396 e. The van der Waals surface area contributed by atoms with Gasteiger partial charge in [0.15, 0.2) is 0 Å². The van der Waals surface area contributed by atoms with Crippen molar-refractivity contribution in [3.8, 4) is 0 Å². The Morgan fingerprint density at radius 1 is 0.710 bits per heavy atom. The quantitative estimate of drug-likeness (QED) is 0.301. The van der Waals surface area contributed by atoms with Crippen molar-refractivity contribution in [1.29, 1.82) is 0 Å². The van der Waals surface area contributed by atoms with Gasteiger partial charge in [0, 0.05) is 26.4 Å². The smallest absolute Gasteiger partial charge is 0.0462 e. The Morgan fingerprint density at radius 2 is 1.32 bits per heavy atom. The Labute approximate surface area is 192 Å². The average Bonchev–Trinajstić information content (AvgIpc) is 2.70. The molecule has 0 heterocycles. The highest BCUT2D eigenvalue weighted by atomic mass is 16.3. The Morgan fingerprint density at radius 3 is 1.84 bits per heavy atom. The minimum absolute atomic E-state index is 0.228. The predicted molar refractivity (Wildman–Crippen MR) is 130 cm³/mol. The minimum atomic E-state index is 0.228. The van der Waals surface area contributed by atoms with Crippen LogP contribution in [-0.4, -0.2) is 46.9 Å². The zero-order valence-electron chi connectivity index (χ0n) is 21.2. The summed E-state index contributed by atoms with van der Waals surface area (Å²) in [6.45, 7) is 12.3. The topological polar surface area (TPSA) is 80.9 Å². The molecule has 0 aromatic carbocycles. The van der Waals surface area contributed by atoms with E-state index in [4.69, 9.17) is 0 Å². The van der Waals surface area contributed by atoms with Gasteiger partial charge in [0.25, 0.3) is 0 Å². The molecule has 8 unspecified atom stereocenters. The summed E-state index contributed by atoms with van der Waals surface area (Å²) in [4.78, 5) is 0. The molecule has 0 amide bonds. The van der Waals surface area contributed by atoms with Crippen molar-refractivity contribution in [1.82, 2.24) is 0 Å². The fourth-order valence-corrected chi connectivity index (χ4v) is 6.65. The SMILES string of the molecule is CCCC(CCO)C1CC(C(C)CCO)CC(CO)C(CC(C)C)C(C(C)CCO)C1. The van der Waals surface area contributed by atoms with Crippen LogP contribution in [0.4, 0.5) is 0 Å². The zero-order valence-corrected chi connectivity index (χ0v) is 21.2. The molecule has 4 N–H and O–H groups in total. The van der Waals surface area contributed by atoms with Gasteiger partial charge in [0.1, 0.15) is 0 Å². The van der Waals surface area contributed by atoms with Crippen LogP contribution in [0.3, 0.4) is 0 Å². The molecule has 4 heteroatoms. The van der Waals surface area contributed by atoms with E-state index in [0.717, 1.165) is 57.8 Å². The van der Waals surface area contributed by atoms with E-state index in [1.807, 2.05) is 0 Å². The second-order valence-electron chi connectivity index (χ2n) is 11.2. The molecule has 1 aliphatic carbocycles. The van der Waals surface area contributed by atoms with E-state index in [9.17, 15) is 20.4 Å². The predicted octanol–water partition coefficient (Wildman–Crippen LogP) is 5.13. The summed E-state index contributed by atoms with van der Waals surface area (Å²) in [6.07, 6.45) is 9.26. The summed E-state index contributed by atoms with van der Waals surface area (Å²) >= 11 is 0. The molecule has 1 fully saturated rings. The molecule has 0 radical (unpaired) electrons. The van der Waals surface area contributed by atoms with Gasteiger partial charge in [-0.15, -0.1) is 0 Å². The Balaban J connectivity index is 3.36. The maximum Gasteiger partial charge on any atom is 0.0462 e. The van der Waals surface area contributed by atoms with Gasteiger partial charge in [0.05, 0.1) is 0 Å². The van der Waals surface area contributed by atoms with Crippen LogP contribution in [0.25, 0.3) is 0 Å². The first-order chi connectivity index (χ1) is 14.8. The molecule has 31 heavy (non-hydrogen) atoms. The van der Waals surface area contributed by atoms with Gasteiger partial charge in [-0.25, -0.2) is 0 Å². The van der Waals surface area contributed by atoms with Crippen LogP contribution >= 0.6 is 0 Å². The Bertz CT molecular complexity index is 435. The summed E-state index contributed by atoms with van der Waals surface area (Å²) in [5, 5.41) is 39.5. The first-order valence-corrected chi connectivity index (χ1v) is 13.3. The summed E-state index contributed by atoms with van der Waals surface area (Å²) in [5.74, 6) is 4.35. The molecule has 0 aromatic heterocycles. The van der Waals surface area contributed by atoms with Crippen LogP contribution in [0.5, 0.6) is 0 Å². The summed E-state index contributed by atoms with van der Waals surface area (Å²) < 4.78 is 0. The van der Waals surface area contributed by atoms with E-state index in [2.05, 4.69) is 34.6 Å². The van der Waals surface area contributed by atoms with Gasteiger partial charge in [-0.3, -0.25) is 0 Å². The maximum absolute atomic E-state index is 10.5. The fraction of sp³-hybridized carbons (Fsp3) is 1.00. The number of aliphatic hydroxyl groups is 4. The highest BCUT2D eigenvalue weighted by Gasteiger charge is 2.40. The third-order valence-electron chi connectivity index (χ3n) is 8.45. The lowest BCUT2D eigenvalue weighted by Gasteiger charge is -2.46. The second-order valence-corrected chi connectivity index (χ2v) is 11.2. The van der Waals surface area contributed by atoms with E-state index in [-0.39, 0.29) is 26.4 Å². The van der Waals surface area contributed by atoms with Gasteiger partial charge in [-0.1, -0.05) is 47.5 Å². The molecule has 0 spiro atoms. The highest BCUT2D eigenvalue weighted by molar-refractivity contribution is 4.90. The lowest BCUT2D eigenvalue weighted by molar-refractivity contribution is 0.00799. The van der Waals surface area contributed by atoms with Crippen molar-refractivity contribution in [2.24, 2.45) is 53.3 Å². The standard InChI is InChI=1S/C27H54O4/c1-6-7-22(10-13-30)24-15-23(20(4)8-11-28)16-25(18-31)27(14-19(2)3)26(17-24)21(5)9-12-29/h19-31H,6-18H2,1-5H3. The molecule has 0 aliphatic heterocycles. The average molecular weight is 443 g/mol. The van der Waals surface area contributed by atoms with Crippen molar-refractivity contribution in [2.75, 3.05) is 26.4 Å². The molecular formula is C27H54O4. The summed E-state index contributed by atoms with van der Waals surface area (Å²) in [6, 6.07) is 0. The monoisotopic (exact) mass is 442 g/mol. The highest BCUT2D eigenvalue weighted by Crippen LogP contribution is 2.48. The Hall–Kier alpha value is -0.160. The molecule has 1 aliphatic rings. The first kappa shape index (κ1) is 28.9. The molecule has 0 saturated heterocycles. The molecule has 0 aromatic rings. The molecule has 186 valence electrons. The number of aliphatic hydroxyl groups excluding tert-OH is 4. The molecule has 0 bridgehead atoms. The van der Waals surface area contributed by atoms with Crippen LogP contribution in [0.15, 0.2) is 0 Å². The number of hydrogen-bond acceptors (Lipinski definition) is 4.